The summed E-state index contributed by atoms with van der Waals surface area (Å²) in [6.07, 6.45) is 0.666. The van der Waals surface area contributed by atoms with Gasteiger partial charge in [-0.25, -0.2) is 0 Å². The quantitative estimate of drug-likeness (QED) is 0.509. The minimum Gasteiger partial charge on any atom is -0.357 e. The maximum atomic E-state index is 10.4. The van der Waals surface area contributed by atoms with Gasteiger partial charge in [-0.2, -0.15) is 0 Å². The summed E-state index contributed by atoms with van der Waals surface area (Å²) in [4.78, 5) is 10.4. The van der Waals surface area contributed by atoms with Crippen LogP contribution in [0.3, 0.4) is 0 Å². The number of hydrogen-bond acceptors (Lipinski definition) is 2. The van der Waals surface area contributed by atoms with Gasteiger partial charge in [0.25, 0.3) is 0 Å². The molecule has 1 aromatic carbocycles. The molecule has 0 bridgehead atoms. The molecule has 1 fully saturated rings. The second-order valence-electron chi connectivity index (χ2n) is 3.50. The van der Waals surface area contributed by atoms with Crippen molar-refractivity contribution in [3.8, 4) is 0 Å². The first-order chi connectivity index (χ1) is 6.22. The van der Waals surface area contributed by atoms with E-state index in [2.05, 4.69) is 26.0 Å². The Kier molecular flexibility index (Phi) is 1.93. The van der Waals surface area contributed by atoms with E-state index in [0.29, 0.717) is 0 Å². The number of aryl methyl sites for hydroxylation is 2. The standard InChI is InChI=1S/C11H12O2/c1-7-3-4-9(5-8(7)2)11-10(6-12)13-11/h3-6,10-11H,1-2H3. The molecule has 68 valence electrons. The summed E-state index contributed by atoms with van der Waals surface area (Å²) in [5.74, 6) is 0. The van der Waals surface area contributed by atoms with Crippen molar-refractivity contribution < 1.29 is 9.53 Å². The highest BCUT2D eigenvalue weighted by molar-refractivity contribution is 5.62. The second kappa shape index (κ2) is 2.96. The topological polar surface area (TPSA) is 29.6 Å². The van der Waals surface area contributed by atoms with Gasteiger partial charge in [-0.15, -0.1) is 0 Å². The number of rotatable bonds is 2. The smallest absolute Gasteiger partial charge is 0.151 e. The lowest BCUT2D eigenvalue weighted by atomic mass is 10.0. The van der Waals surface area contributed by atoms with Gasteiger partial charge in [0.1, 0.15) is 12.2 Å². The molecule has 1 aliphatic rings. The molecule has 0 saturated carbocycles. The maximum Gasteiger partial charge on any atom is 0.151 e. The molecule has 0 aromatic heterocycles. The highest BCUT2D eigenvalue weighted by Gasteiger charge is 2.39. The first-order valence-electron chi connectivity index (χ1n) is 4.40. The second-order valence-corrected chi connectivity index (χ2v) is 3.50. The third-order valence-corrected chi connectivity index (χ3v) is 2.52. The lowest BCUT2D eigenvalue weighted by Gasteiger charge is -2.01. The molecule has 1 aliphatic heterocycles. The molecule has 0 radical (unpaired) electrons. The van der Waals surface area contributed by atoms with Crippen LogP contribution in [0.5, 0.6) is 0 Å². The van der Waals surface area contributed by atoms with Gasteiger partial charge in [-0.05, 0) is 30.5 Å². The van der Waals surface area contributed by atoms with Gasteiger partial charge >= 0.3 is 0 Å². The Bertz CT molecular complexity index is 344. The van der Waals surface area contributed by atoms with Crippen LogP contribution in [0, 0.1) is 13.8 Å². The Balaban J connectivity index is 2.23. The largest absolute Gasteiger partial charge is 0.357 e. The molecule has 2 rings (SSSR count). The lowest BCUT2D eigenvalue weighted by Crippen LogP contribution is -1.90. The molecule has 1 aromatic rings. The third kappa shape index (κ3) is 1.49. The zero-order chi connectivity index (χ0) is 9.42. The fourth-order valence-corrected chi connectivity index (χ4v) is 1.44. The molecule has 1 heterocycles. The summed E-state index contributed by atoms with van der Waals surface area (Å²) in [6, 6.07) is 6.17. The van der Waals surface area contributed by atoms with E-state index in [0.717, 1.165) is 11.8 Å². The van der Waals surface area contributed by atoms with Crippen LogP contribution in [-0.4, -0.2) is 12.4 Å². The summed E-state index contributed by atoms with van der Waals surface area (Å²) in [6.45, 7) is 4.14. The molecule has 2 nitrogen and oxygen atoms in total. The van der Waals surface area contributed by atoms with Crippen LogP contribution in [0.1, 0.15) is 22.8 Å². The number of carbonyl (C=O) groups is 1. The van der Waals surface area contributed by atoms with Crippen LogP contribution in [0.2, 0.25) is 0 Å². The van der Waals surface area contributed by atoms with Crippen molar-refractivity contribution in [3.05, 3.63) is 34.9 Å². The van der Waals surface area contributed by atoms with Crippen molar-refractivity contribution >= 4 is 6.29 Å². The highest BCUT2D eigenvalue weighted by Crippen LogP contribution is 2.37. The summed E-state index contributed by atoms with van der Waals surface area (Å²) in [7, 11) is 0. The van der Waals surface area contributed by atoms with E-state index >= 15 is 0 Å². The predicted octanol–water partition coefficient (Wildman–Crippen LogP) is 1.94. The van der Waals surface area contributed by atoms with Crippen LogP contribution in [-0.2, 0) is 9.53 Å². The van der Waals surface area contributed by atoms with Gasteiger partial charge in [0.2, 0.25) is 0 Å². The first-order valence-corrected chi connectivity index (χ1v) is 4.40. The molecule has 0 amide bonds. The molecule has 0 aliphatic carbocycles. The van der Waals surface area contributed by atoms with Gasteiger partial charge in [0, 0.05) is 0 Å². The fraction of sp³-hybridized carbons (Fsp3) is 0.364. The van der Waals surface area contributed by atoms with E-state index in [1.807, 2.05) is 6.07 Å². The summed E-state index contributed by atoms with van der Waals surface area (Å²) < 4.78 is 5.18. The normalized spacial score (nSPS) is 25.7. The van der Waals surface area contributed by atoms with Crippen molar-refractivity contribution in [1.29, 1.82) is 0 Å². The number of epoxide rings is 1. The predicted molar refractivity (Wildman–Crippen MR) is 49.6 cm³/mol. The van der Waals surface area contributed by atoms with Crippen LogP contribution < -0.4 is 0 Å². The lowest BCUT2D eigenvalue weighted by molar-refractivity contribution is -0.108. The van der Waals surface area contributed by atoms with E-state index in [1.54, 1.807) is 0 Å². The number of aldehydes is 1. The number of benzene rings is 1. The molecule has 13 heavy (non-hydrogen) atoms. The molecule has 2 atom stereocenters. The Morgan fingerprint density at radius 2 is 2.08 bits per heavy atom. The van der Waals surface area contributed by atoms with E-state index in [-0.39, 0.29) is 12.2 Å². The Morgan fingerprint density at radius 3 is 2.62 bits per heavy atom. The van der Waals surface area contributed by atoms with Crippen molar-refractivity contribution in [2.24, 2.45) is 0 Å². The minimum atomic E-state index is -0.206. The van der Waals surface area contributed by atoms with Gasteiger partial charge in [-0.1, -0.05) is 18.2 Å². The van der Waals surface area contributed by atoms with E-state index in [4.69, 9.17) is 4.74 Å². The molecule has 0 spiro atoms. The number of carbonyl (C=O) groups excluding carboxylic acids is 1. The molecular formula is C11H12O2. The average molecular weight is 176 g/mol. The minimum absolute atomic E-state index is 0.0109. The Labute approximate surface area is 77.5 Å². The van der Waals surface area contributed by atoms with Crippen molar-refractivity contribution in [1.82, 2.24) is 0 Å². The molecule has 1 saturated heterocycles. The highest BCUT2D eigenvalue weighted by atomic mass is 16.6. The van der Waals surface area contributed by atoms with Gasteiger partial charge in [0.15, 0.2) is 6.29 Å². The zero-order valence-corrected chi connectivity index (χ0v) is 7.78. The monoisotopic (exact) mass is 176 g/mol. The number of hydrogen-bond donors (Lipinski definition) is 0. The molecular weight excluding hydrogens is 164 g/mol. The first kappa shape index (κ1) is 8.45. The van der Waals surface area contributed by atoms with Crippen LogP contribution in [0.15, 0.2) is 18.2 Å². The molecule has 2 unspecified atom stereocenters. The van der Waals surface area contributed by atoms with Crippen molar-refractivity contribution in [3.63, 3.8) is 0 Å². The summed E-state index contributed by atoms with van der Waals surface area (Å²) >= 11 is 0. The zero-order valence-electron chi connectivity index (χ0n) is 7.78. The van der Waals surface area contributed by atoms with Crippen molar-refractivity contribution in [2.45, 2.75) is 26.1 Å². The van der Waals surface area contributed by atoms with E-state index < -0.39 is 0 Å². The van der Waals surface area contributed by atoms with Crippen LogP contribution >= 0.6 is 0 Å². The number of ether oxygens (including phenoxy) is 1. The SMILES string of the molecule is Cc1ccc(C2OC2C=O)cc1C. The van der Waals surface area contributed by atoms with Gasteiger partial charge < -0.3 is 9.53 Å². The van der Waals surface area contributed by atoms with Crippen molar-refractivity contribution in [2.75, 3.05) is 0 Å². The van der Waals surface area contributed by atoms with Gasteiger partial charge in [0.05, 0.1) is 0 Å². The average Bonchev–Trinajstić information content (AvgIpc) is 2.88. The summed E-state index contributed by atoms with van der Waals surface area (Å²) in [5, 5.41) is 0. The van der Waals surface area contributed by atoms with Crippen LogP contribution in [0.4, 0.5) is 0 Å². The van der Waals surface area contributed by atoms with E-state index in [1.165, 1.54) is 11.1 Å². The van der Waals surface area contributed by atoms with E-state index in [9.17, 15) is 4.79 Å². The van der Waals surface area contributed by atoms with Gasteiger partial charge in [-0.3, -0.25) is 0 Å². The van der Waals surface area contributed by atoms with Crippen LogP contribution in [0.25, 0.3) is 0 Å². The molecule has 2 heteroatoms. The fourth-order valence-electron chi connectivity index (χ4n) is 1.44. The Morgan fingerprint density at radius 1 is 1.31 bits per heavy atom. The third-order valence-electron chi connectivity index (χ3n) is 2.52. The molecule has 0 N–H and O–H groups in total. The maximum absolute atomic E-state index is 10.4. The summed E-state index contributed by atoms with van der Waals surface area (Å²) in [5.41, 5.74) is 3.63. The Hall–Kier alpha value is -1.15.